The Kier molecular flexibility index (Phi) is 8.47. The first-order chi connectivity index (χ1) is 10.9. The van der Waals surface area contributed by atoms with Gasteiger partial charge in [-0.15, -0.1) is 0 Å². The molecule has 0 aliphatic rings. The number of unbranched alkanes of at least 4 members (excludes halogenated alkanes) is 9. The van der Waals surface area contributed by atoms with Gasteiger partial charge in [-0.05, 0) is 18.6 Å². The number of aromatic nitrogens is 1. The Morgan fingerprint density at radius 3 is 2.18 bits per heavy atom. The molecule has 3 heteroatoms. The van der Waals surface area contributed by atoms with E-state index in [1.165, 1.54) is 64.2 Å². The molecular formula is C19H29NOS. The fraction of sp³-hybridized carbons (Fsp3) is 0.632. The summed E-state index contributed by atoms with van der Waals surface area (Å²) in [6.07, 6.45) is 13.8. The average molecular weight is 320 g/mol. The summed E-state index contributed by atoms with van der Waals surface area (Å²) in [4.78, 5) is 4.49. The van der Waals surface area contributed by atoms with Crippen molar-refractivity contribution in [1.82, 2.24) is 4.98 Å². The molecule has 0 saturated heterocycles. The summed E-state index contributed by atoms with van der Waals surface area (Å²) in [5.41, 5.74) is 1.86. The van der Waals surface area contributed by atoms with Crippen molar-refractivity contribution in [3.8, 4) is 0 Å². The molecule has 0 aliphatic heterocycles. The third kappa shape index (κ3) is 6.43. The normalized spacial score (nSPS) is 11.3. The highest BCUT2D eigenvalue weighted by Crippen LogP contribution is 2.24. The van der Waals surface area contributed by atoms with Gasteiger partial charge in [-0.2, -0.15) is 0 Å². The Morgan fingerprint density at radius 2 is 1.50 bits per heavy atom. The Morgan fingerprint density at radius 1 is 0.864 bits per heavy atom. The highest BCUT2D eigenvalue weighted by molar-refractivity contribution is 7.99. The SMILES string of the molecule is CCCCCCCCCCCCSc1nc2ccccc2o1. The number of rotatable bonds is 12. The van der Waals surface area contributed by atoms with Gasteiger partial charge in [0.25, 0.3) is 5.22 Å². The molecule has 0 radical (unpaired) electrons. The molecule has 2 rings (SSSR count). The maximum absolute atomic E-state index is 5.71. The molecule has 0 spiro atoms. The largest absolute Gasteiger partial charge is 0.431 e. The predicted molar refractivity (Wildman–Crippen MR) is 96.6 cm³/mol. The van der Waals surface area contributed by atoms with E-state index >= 15 is 0 Å². The van der Waals surface area contributed by atoms with Crippen molar-refractivity contribution in [3.63, 3.8) is 0 Å². The van der Waals surface area contributed by atoms with Crippen LogP contribution in [0.15, 0.2) is 33.9 Å². The zero-order valence-corrected chi connectivity index (χ0v) is 14.7. The van der Waals surface area contributed by atoms with Crippen LogP contribution in [0.25, 0.3) is 11.1 Å². The van der Waals surface area contributed by atoms with Crippen molar-refractivity contribution in [2.24, 2.45) is 0 Å². The maximum Gasteiger partial charge on any atom is 0.256 e. The Hall–Kier alpha value is -0.960. The van der Waals surface area contributed by atoms with Gasteiger partial charge in [0.05, 0.1) is 0 Å². The van der Waals surface area contributed by atoms with Gasteiger partial charge in [0.15, 0.2) is 5.58 Å². The van der Waals surface area contributed by atoms with Gasteiger partial charge in [0.1, 0.15) is 5.52 Å². The van der Waals surface area contributed by atoms with Gasteiger partial charge >= 0.3 is 0 Å². The van der Waals surface area contributed by atoms with Crippen molar-refractivity contribution in [3.05, 3.63) is 24.3 Å². The lowest BCUT2D eigenvalue weighted by atomic mass is 10.1. The quantitative estimate of drug-likeness (QED) is 0.316. The summed E-state index contributed by atoms with van der Waals surface area (Å²) in [5.74, 6) is 1.11. The van der Waals surface area contributed by atoms with Crippen LogP contribution >= 0.6 is 11.8 Å². The Balaban J connectivity index is 1.46. The predicted octanol–water partition coefficient (Wildman–Crippen LogP) is 6.84. The smallest absolute Gasteiger partial charge is 0.256 e. The standard InChI is InChI=1S/C19H29NOS/c1-2-3-4-5-6-7-8-9-10-13-16-22-19-20-17-14-11-12-15-18(17)21-19/h11-12,14-15H,2-10,13,16H2,1H3. The first-order valence-electron chi connectivity index (χ1n) is 8.88. The molecule has 0 fully saturated rings. The summed E-state index contributed by atoms with van der Waals surface area (Å²) in [5, 5.41) is 0.817. The molecule has 0 saturated carbocycles. The van der Waals surface area contributed by atoms with E-state index < -0.39 is 0 Å². The number of hydrogen-bond donors (Lipinski definition) is 0. The van der Waals surface area contributed by atoms with Crippen molar-refractivity contribution >= 4 is 22.9 Å². The fourth-order valence-corrected chi connectivity index (χ4v) is 3.50. The van der Waals surface area contributed by atoms with Crippen molar-refractivity contribution in [2.45, 2.75) is 76.4 Å². The van der Waals surface area contributed by atoms with E-state index in [9.17, 15) is 0 Å². The topological polar surface area (TPSA) is 26.0 Å². The van der Waals surface area contributed by atoms with Gasteiger partial charge in [0, 0.05) is 5.75 Å². The van der Waals surface area contributed by atoms with E-state index in [2.05, 4.69) is 11.9 Å². The lowest BCUT2D eigenvalue weighted by molar-refractivity contribution is 0.489. The number of nitrogens with zero attached hydrogens (tertiary/aromatic N) is 1. The van der Waals surface area contributed by atoms with Crippen LogP contribution < -0.4 is 0 Å². The minimum atomic E-state index is 0.817. The molecule has 1 aromatic heterocycles. The first-order valence-corrected chi connectivity index (χ1v) is 9.87. The van der Waals surface area contributed by atoms with E-state index in [0.717, 1.165) is 22.1 Å². The first kappa shape index (κ1) is 17.4. The van der Waals surface area contributed by atoms with E-state index in [0.29, 0.717) is 0 Å². The highest BCUT2D eigenvalue weighted by atomic mass is 32.2. The minimum absolute atomic E-state index is 0.817. The fourth-order valence-electron chi connectivity index (χ4n) is 2.66. The van der Waals surface area contributed by atoms with Crippen molar-refractivity contribution < 1.29 is 4.42 Å². The van der Waals surface area contributed by atoms with E-state index in [1.54, 1.807) is 11.8 Å². The molecule has 1 aromatic carbocycles. The van der Waals surface area contributed by atoms with Crippen molar-refractivity contribution in [1.29, 1.82) is 0 Å². The summed E-state index contributed by atoms with van der Waals surface area (Å²) in [6.45, 7) is 2.28. The summed E-state index contributed by atoms with van der Waals surface area (Å²) in [7, 11) is 0. The van der Waals surface area contributed by atoms with E-state index in [-0.39, 0.29) is 0 Å². The molecule has 0 N–H and O–H groups in total. The molecule has 0 unspecified atom stereocenters. The molecule has 0 bridgehead atoms. The second kappa shape index (κ2) is 10.7. The second-order valence-corrected chi connectivity index (χ2v) is 7.02. The molecule has 0 atom stereocenters. The molecule has 1 heterocycles. The zero-order valence-electron chi connectivity index (χ0n) is 13.9. The summed E-state index contributed by atoms with van der Waals surface area (Å²) < 4.78 is 5.71. The monoisotopic (exact) mass is 319 g/mol. The molecular weight excluding hydrogens is 290 g/mol. The lowest BCUT2D eigenvalue weighted by Crippen LogP contribution is -1.84. The maximum atomic E-state index is 5.71. The number of para-hydroxylation sites is 2. The van der Waals surface area contributed by atoms with Crippen LogP contribution in [0.2, 0.25) is 0 Å². The van der Waals surface area contributed by atoms with Crippen molar-refractivity contribution in [2.75, 3.05) is 5.75 Å². The molecule has 22 heavy (non-hydrogen) atoms. The molecule has 0 aliphatic carbocycles. The van der Waals surface area contributed by atoms with Crippen LogP contribution in [-0.2, 0) is 0 Å². The number of benzene rings is 1. The van der Waals surface area contributed by atoms with Crippen LogP contribution in [-0.4, -0.2) is 10.7 Å². The van der Waals surface area contributed by atoms with Crippen LogP contribution in [0.3, 0.4) is 0 Å². The van der Waals surface area contributed by atoms with Crippen LogP contribution in [0.1, 0.15) is 71.1 Å². The molecule has 122 valence electrons. The molecule has 2 nitrogen and oxygen atoms in total. The van der Waals surface area contributed by atoms with Crippen LogP contribution in [0.5, 0.6) is 0 Å². The van der Waals surface area contributed by atoms with E-state index in [4.69, 9.17) is 4.42 Å². The highest BCUT2D eigenvalue weighted by Gasteiger charge is 2.04. The number of fused-ring (bicyclic) bond motifs is 1. The third-order valence-corrected chi connectivity index (χ3v) is 4.91. The van der Waals surface area contributed by atoms with Gasteiger partial charge in [-0.1, -0.05) is 88.6 Å². The number of oxazole rings is 1. The van der Waals surface area contributed by atoms with Crippen LogP contribution in [0, 0.1) is 0 Å². The molecule has 2 aromatic rings. The summed E-state index contributed by atoms with van der Waals surface area (Å²) >= 11 is 1.75. The van der Waals surface area contributed by atoms with Gasteiger partial charge in [0.2, 0.25) is 0 Å². The Bertz CT molecular complexity index is 490. The summed E-state index contributed by atoms with van der Waals surface area (Å²) in [6, 6.07) is 7.97. The average Bonchev–Trinajstić information content (AvgIpc) is 2.95. The molecule has 0 amide bonds. The third-order valence-electron chi connectivity index (χ3n) is 4.00. The van der Waals surface area contributed by atoms with E-state index in [1.807, 2.05) is 24.3 Å². The lowest BCUT2D eigenvalue weighted by Gasteiger charge is -2.01. The van der Waals surface area contributed by atoms with Gasteiger partial charge < -0.3 is 4.42 Å². The Labute approximate surface area is 139 Å². The van der Waals surface area contributed by atoms with Gasteiger partial charge in [-0.3, -0.25) is 0 Å². The number of thioether (sulfide) groups is 1. The number of hydrogen-bond acceptors (Lipinski definition) is 3. The minimum Gasteiger partial charge on any atom is -0.431 e. The van der Waals surface area contributed by atoms with Crippen LogP contribution in [0.4, 0.5) is 0 Å². The van der Waals surface area contributed by atoms with Gasteiger partial charge in [-0.25, -0.2) is 4.98 Å². The second-order valence-electron chi connectivity index (χ2n) is 5.98. The zero-order chi connectivity index (χ0) is 15.5.